The van der Waals surface area contributed by atoms with Crippen molar-refractivity contribution in [2.24, 2.45) is 5.41 Å². The molecule has 1 spiro atoms. The Morgan fingerprint density at radius 2 is 1.86 bits per heavy atom. The molecule has 2 aliphatic rings. The maximum absolute atomic E-state index is 12.5. The smallest absolute Gasteiger partial charge is 0.222 e. The molecule has 0 aliphatic carbocycles. The Morgan fingerprint density at radius 3 is 2.61 bits per heavy atom. The molecule has 0 atom stereocenters. The summed E-state index contributed by atoms with van der Waals surface area (Å²) in [6.07, 6.45) is 5.91. The number of aromatic nitrogens is 1. The summed E-state index contributed by atoms with van der Waals surface area (Å²) >= 11 is 0. The first-order chi connectivity index (χ1) is 13.5. The molecule has 2 aliphatic heterocycles. The molecule has 1 amide bonds. The SMILES string of the molecule is Cc1ccc(C)c(CN2CCC3(CCC(=O)N(Cc4ccccn4)C3)CC2)c1. The van der Waals surface area contributed by atoms with Gasteiger partial charge >= 0.3 is 0 Å². The number of likely N-dealkylation sites (tertiary alicyclic amines) is 2. The quantitative estimate of drug-likeness (QED) is 0.805. The van der Waals surface area contributed by atoms with Crippen molar-refractivity contribution in [3.05, 3.63) is 65.0 Å². The lowest BCUT2D eigenvalue weighted by Gasteiger charge is -2.47. The number of rotatable bonds is 4. The highest BCUT2D eigenvalue weighted by Gasteiger charge is 2.40. The third kappa shape index (κ3) is 4.27. The summed E-state index contributed by atoms with van der Waals surface area (Å²) in [7, 11) is 0. The molecule has 4 heteroatoms. The molecule has 148 valence electrons. The molecule has 2 saturated heterocycles. The van der Waals surface area contributed by atoms with Gasteiger partial charge in [-0.2, -0.15) is 0 Å². The van der Waals surface area contributed by atoms with Gasteiger partial charge in [0.05, 0.1) is 12.2 Å². The predicted molar refractivity (Wildman–Crippen MR) is 112 cm³/mol. The van der Waals surface area contributed by atoms with Crippen LogP contribution >= 0.6 is 0 Å². The van der Waals surface area contributed by atoms with Crippen molar-refractivity contribution < 1.29 is 4.79 Å². The van der Waals surface area contributed by atoms with E-state index in [0.717, 1.165) is 38.3 Å². The molecule has 28 heavy (non-hydrogen) atoms. The van der Waals surface area contributed by atoms with Crippen LogP contribution in [0.15, 0.2) is 42.6 Å². The van der Waals surface area contributed by atoms with Crippen molar-refractivity contribution in [3.8, 4) is 0 Å². The van der Waals surface area contributed by atoms with Crippen molar-refractivity contribution in [3.63, 3.8) is 0 Å². The molecule has 0 saturated carbocycles. The van der Waals surface area contributed by atoms with Crippen LogP contribution in [0.5, 0.6) is 0 Å². The van der Waals surface area contributed by atoms with Crippen molar-refractivity contribution >= 4 is 5.91 Å². The third-order valence-electron chi connectivity index (χ3n) is 6.64. The number of amides is 1. The fraction of sp³-hybridized carbons (Fsp3) is 0.500. The first-order valence-electron chi connectivity index (χ1n) is 10.5. The van der Waals surface area contributed by atoms with Crippen LogP contribution in [0.4, 0.5) is 0 Å². The maximum Gasteiger partial charge on any atom is 0.222 e. The highest BCUT2D eigenvalue weighted by atomic mass is 16.2. The Labute approximate surface area is 168 Å². The third-order valence-corrected chi connectivity index (χ3v) is 6.64. The average Bonchev–Trinajstić information content (AvgIpc) is 2.70. The Balaban J connectivity index is 1.37. The molecule has 0 unspecified atom stereocenters. The molecule has 1 aromatic carbocycles. The van der Waals surface area contributed by atoms with Crippen LogP contribution < -0.4 is 0 Å². The van der Waals surface area contributed by atoms with Gasteiger partial charge in [-0.15, -0.1) is 0 Å². The van der Waals surface area contributed by atoms with Crippen LogP contribution in [0.3, 0.4) is 0 Å². The summed E-state index contributed by atoms with van der Waals surface area (Å²) in [6, 6.07) is 12.7. The van der Waals surface area contributed by atoms with Gasteiger partial charge in [0.25, 0.3) is 0 Å². The van der Waals surface area contributed by atoms with E-state index in [9.17, 15) is 4.79 Å². The summed E-state index contributed by atoms with van der Waals surface area (Å²) in [4.78, 5) is 21.5. The molecule has 0 N–H and O–H groups in total. The second kappa shape index (κ2) is 8.04. The van der Waals surface area contributed by atoms with E-state index >= 15 is 0 Å². The first-order valence-corrected chi connectivity index (χ1v) is 10.5. The van der Waals surface area contributed by atoms with Gasteiger partial charge in [-0.1, -0.05) is 29.8 Å². The molecule has 0 radical (unpaired) electrons. The first kappa shape index (κ1) is 19.1. The molecular weight excluding hydrogens is 346 g/mol. The number of benzene rings is 1. The highest BCUT2D eigenvalue weighted by molar-refractivity contribution is 5.77. The number of piperidine rings is 2. The molecular formula is C24H31N3O. The van der Waals surface area contributed by atoms with Gasteiger partial charge in [-0.05, 0) is 74.9 Å². The van der Waals surface area contributed by atoms with Crippen LogP contribution in [-0.2, 0) is 17.9 Å². The topological polar surface area (TPSA) is 36.4 Å². The van der Waals surface area contributed by atoms with E-state index in [-0.39, 0.29) is 5.91 Å². The van der Waals surface area contributed by atoms with E-state index in [1.54, 1.807) is 0 Å². The Bertz CT molecular complexity index is 825. The van der Waals surface area contributed by atoms with Crippen molar-refractivity contribution in [2.45, 2.75) is 52.6 Å². The summed E-state index contributed by atoms with van der Waals surface area (Å²) < 4.78 is 0. The Kier molecular flexibility index (Phi) is 5.49. The highest BCUT2D eigenvalue weighted by Crippen LogP contribution is 2.40. The molecule has 1 aromatic heterocycles. The van der Waals surface area contributed by atoms with E-state index in [0.29, 0.717) is 18.4 Å². The van der Waals surface area contributed by atoms with Crippen LogP contribution in [-0.4, -0.2) is 40.3 Å². The summed E-state index contributed by atoms with van der Waals surface area (Å²) in [5.41, 5.74) is 5.45. The monoisotopic (exact) mass is 377 g/mol. The number of hydrogen-bond acceptors (Lipinski definition) is 3. The van der Waals surface area contributed by atoms with Crippen LogP contribution in [0.1, 0.15) is 48.1 Å². The zero-order valence-corrected chi connectivity index (χ0v) is 17.2. The van der Waals surface area contributed by atoms with Crippen molar-refractivity contribution in [1.29, 1.82) is 0 Å². The number of aryl methyl sites for hydroxylation is 2. The second-order valence-corrected chi connectivity index (χ2v) is 8.78. The summed E-state index contributed by atoms with van der Waals surface area (Å²) in [5.74, 6) is 0.286. The van der Waals surface area contributed by atoms with E-state index in [4.69, 9.17) is 0 Å². The van der Waals surface area contributed by atoms with Gasteiger partial charge in [0.1, 0.15) is 0 Å². The van der Waals surface area contributed by atoms with Crippen LogP contribution in [0.2, 0.25) is 0 Å². The fourth-order valence-electron chi connectivity index (χ4n) is 4.74. The normalized spacial score (nSPS) is 19.9. The Morgan fingerprint density at radius 1 is 1.04 bits per heavy atom. The minimum absolute atomic E-state index is 0.286. The summed E-state index contributed by atoms with van der Waals surface area (Å²) in [5, 5.41) is 0. The van der Waals surface area contributed by atoms with Gasteiger partial charge < -0.3 is 4.90 Å². The molecule has 4 nitrogen and oxygen atoms in total. The van der Waals surface area contributed by atoms with Crippen LogP contribution in [0.25, 0.3) is 0 Å². The molecule has 0 bridgehead atoms. The summed E-state index contributed by atoms with van der Waals surface area (Å²) in [6.45, 7) is 9.21. The fourth-order valence-corrected chi connectivity index (χ4v) is 4.74. The number of carbonyl (C=O) groups is 1. The molecule has 3 heterocycles. The van der Waals surface area contributed by atoms with Crippen molar-refractivity contribution in [2.75, 3.05) is 19.6 Å². The zero-order chi connectivity index (χ0) is 19.6. The number of pyridine rings is 1. The van der Waals surface area contributed by atoms with Gasteiger partial charge in [-0.25, -0.2) is 0 Å². The number of nitrogens with zero attached hydrogens (tertiary/aromatic N) is 3. The van der Waals surface area contributed by atoms with Gasteiger partial charge in [0.15, 0.2) is 0 Å². The molecule has 2 fully saturated rings. The zero-order valence-electron chi connectivity index (χ0n) is 17.2. The Hall–Kier alpha value is -2.20. The average molecular weight is 378 g/mol. The van der Waals surface area contributed by atoms with E-state index in [1.807, 2.05) is 29.3 Å². The minimum atomic E-state index is 0.286. The number of hydrogen-bond donors (Lipinski definition) is 0. The largest absolute Gasteiger partial charge is 0.336 e. The predicted octanol–water partition coefficient (Wildman–Crippen LogP) is 4.10. The molecule has 4 rings (SSSR count). The lowest BCUT2D eigenvalue weighted by atomic mass is 9.72. The lowest BCUT2D eigenvalue weighted by molar-refractivity contribution is -0.140. The van der Waals surface area contributed by atoms with Gasteiger partial charge in [0, 0.05) is 25.7 Å². The maximum atomic E-state index is 12.5. The van der Waals surface area contributed by atoms with E-state index < -0.39 is 0 Å². The lowest BCUT2D eigenvalue weighted by Crippen LogP contribution is -2.51. The van der Waals surface area contributed by atoms with Crippen LogP contribution in [0, 0.1) is 19.3 Å². The van der Waals surface area contributed by atoms with E-state index in [2.05, 4.69) is 41.9 Å². The molecule has 2 aromatic rings. The second-order valence-electron chi connectivity index (χ2n) is 8.78. The minimum Gasteiger partial charge on any atom is -0.336 e. The standard InChI is InChI=1S/C24H31N3O/c1-19-6-7-20(2)21(15-19)16-26-13-10-24(11-14-26)9-8-23(28)27(18-24)17-22-5-3-4-12-25-22/h3-7,12,15H,8-11,13-14,16-18H2,1-2H3. The van der Waals surface area contributed by atoms with Gasteiger partial charge in [0.2, 0.25) is 5.91 Å². The van der Waals surface area contributed by atoms with Crippen molar-refractivity contribution in [1.82, 2.24) is 14.8 Å². The van der Waals surface area contributed by atoms with Gasteiger partial charge in [-0.3, -0.25) is 14.7 Å². The van der Waals surface area contributed by atoms with E-state index in [1.165, 1.54) is 29.5 Å². The number of carbonyl (C=O) groups excluding carboxylic acids is 1.